The van der Waals surface area contributed by atoms with E-state index in [0.29, 0.717) is 6.07 Å². The third-order valence-corrected chi connectivity index (χ3v) is 3.33. The Labute approximate surface area is 127 Å². The minimum absolute atomic E-state index is 0.100. The minimum atomic E-state index is -4.66. The Bertz CT molecular complexity index is 672. The summed E-state index contributed by atoms with van der Waals surface area (Å²) in [4.78, 5) is 0. The van der Waals surface area contributed by atoms with Gasteiger partial charge < -0.3 is 0 Å². The molecule has 118 valence electrons. The summed E-state index contributed by atoms with van der Waals surface area (Å²) >= 11 is 5.55. The van der Waals surface area contributed by atoms with Crippen molar-refractivity contribution in [3.63, 3.8) is 0 Å². The molecule has 0 heterocycles. The van der Waals surface area contributed by atoms with Crippen LogP contribution in [0.25, 0.3) is 11.1 Å². The molecule has 0 saturated heterocycles. The van der Waals surface area contributed by atoms with E-state index in [1.165, 1.54) is 18.2 Å². The number of hydrogen-bond acceptors (Lipinski definition) is 0. The molecule has 0 radical (unpaired) electrons. The van der Waals surface area contributed by atoms with Gasteiger partial charge in [-0.1, -0.05) is 18.2 Å². The van der Waals surface area contributed by atoms with Crippen molar-refractivity contribution in [1.29, 1.82) is 0 Å². The molecule has 0 nitrogen and oxygen atoms in total. The van der Waals surface area contributed by atoms with Crippen LogP contribution in [-0.4, -0.2) is 0 Å². The highest BCUT2D eigenvalue weighted by Crippen LogP contribution is 2.39. The SMILES string of the molecule is FC(F)(F)c1cc(CCl)cc(-c2ccccc2C(F)(F)F)c1. The number of halogens is 7. The zero-order valence-corrected chi connectivity index (χ0v) is 11.7. The molecule has 0 spiro atoms. The fourth-order valence-electron chi connectivity index (χ4n) is 2.07. The van der Waals surface area contributed by atoms with E-state index in [0.717, 1.165) is 18.2 Å². The van der Waals surface area contributed by atoms with E-state index in [4.69, 9.17) is 11.6 Å². The molecule has 0 unspecified atom stereocenters. The average molecular weight is 339 g/mol. The van der Waals surface area contributed by atoms with Crippen LogP contribution in [0.4, 0.5) is 26.3 Å². The van der Waals surface area contributed by atoms with Gasteiger partial charge in [-0.25, -0.2) is 0 Å². The van der Waals surface area contributed by atoms with Crippen molar-refractivity contribution in [1.82, 2.24) is 0 Å². The lowest BCUT2D eigenvalue weighted by molar-refractivity contribution is -0.137. The van der Waals surface area contributed by atoms with Crippen LogP contribution in [0, 0.1) is 0 Å². The molecular formula is C15H9ClF6. The van der Waals surface area contributed by atoms with Crippen molar-refractivity contribution in [3.05, 3.63) is 59.2 Å². The molecule has 0 aliphatic rings. The lowest BCUT2D eigenvalue weighted by Gasteiger charge is -2.15. The van der Waals surface area contributed by atoms with Gasteiger partial charge in [0, 0.05) is 5.88 Å². The summed E-state index contributed by atoms with van der Waals surface area (Å²) in [6.07, 6.45) is -9.32. The highest BCUT2D eigenvalue weighted by Gasteiger charge is 2.35. The summed E-state index contributed by atoms with van der Waals surface area (Å²) in [5.41, 5.74) is -2.40. The smallest absolute Gasteiger partial charge is 0.166 e. The fraction of sp³-hybridized carbons (Fsp3) is 0.200. The van der Waals surface area contributed by atoms with Crippen LogP contribution < -0.4 is 0 Å². The Hall–Kier alpha value is -1.69. The summed E-state index contributed by atoms with van der Waals surface area (Å²) in [6.45, 7) is 0. The summed E-state index contributed by atoms with van der Waals surface area (Å²) in [5.74, 6) is -0.231. The average Bonchev–Trinajstić information content (AvgIpc) is 2.45. The van der Waals surface area contributed by atoms with E-state index < -0.39 is 23.5 Å². The van der Waals surface area contributed by atoms with Gasteiger partial charge in [0.05, 0.1) is 11.1 Å². The van der Waals surface area contributed by atoms with Crippen LogP contribution in [0.3, 0.4) is 0 Å². The first-order chi connectivity index (χ1) is 10.1. The Morgan fingerprint density at radius 3 is 2.00 bits per heavy atom. The molecule has 0 fully saturated rings. The second-order valence-electron chi connectivity index (χ2n) is 4.59. The first-order valence-corrected chi connectivity index (χ1v) is 6.60. The molecule has 0 aliphatic carbocycles. The topological polar surface area (TPSA) is 0 Å². The van der Waals surface area contributed by atoms with Crippen molar-refractivity contribution in [2.24, 2.45) is 0 Å². The van der Waals surface area contributed by atoms with Crippen LogP contribution >= 0.6 is 11.6 Å². The Balaban J connectivity index is 2.68. The lowest BCUT2D eigenvalue weighted by Crippen LogP contribution is -2.09. The molecule has 7 heteroatoms. The van der Waals surface area contributed by atoms with Crippen molar-refractivity contribution >= 4 is 11.6 Å². The first kappa shape index (κ1) is 16.7. The molecule has 0 aliphatic heterocycles. The molecule has 2 aromatic carbocycles. The van der Waals surface area contributed by atoms with Gasteiger partial charge in [0.25, 0.3) is 0 Å². The van der Waals surface area contributed by atoms with Gasteiger partial charge in [-0.15, -0.1) is 11.6 Å². The second kappa shape index (κ2) is 5.83. The quantitative estimate of drug-likeness (QED) is 0.456. The summed E-state index contributed by atoms with van der Waals surface area (Å²) in [6, 6.07) is 7.24. The van der Waals surface area contributed by atoms with Crippen LogP contribution in [0.5, 0.6) is 0 Å². The van der Waals surface area contributed by atoms with Crippen molar-refractivity contribution in [3.8, 4) is 11.1 Å². The monoisotopic (exact) mass is 338 g/mol. The third kappa shape index (κ3) is 3.55. The molecule has 0 saturated carbocycles. The molecule has 2 rings (SSSR count). The van der Waals surface area contributed by atoms with Gasteiger partial charge in [0.1, 0.15) is 0 Å². The van der Waals surface area contributed by atoms with E-state index in [2.05, 4.69) is 0 Å². The number of alkyl halides is 7. The third-order valence-electron chi connectivity index (χ3n) is 3.02. The van der Waals surface area contributed by atoms with Crippen LogP contribution in [-0.2, 0) is 18.2 Å². The van der Waals surface area contributed by atoms with Gasteiger partial charge in [-0.2, -0.15) is 26.3 Å². The minimum Gasteiger partial charge on any atom is -0.166 e. The molecular weight excluding hydrogens is 330 g/mol. The molecule has 2 aromatic rings. The molecule has 0 atom stereocenters. The summed E-state index contributed by atoms with van der Waals surface area (Å²) in [7, 11) is 0. The lowest BCUT2D eigenvalue weighted by atomic mass is 9.96. The van der Waals surface area contributed by atoms with Gasteiger partial charge in [0.2, 0.25) is 0 Å². The fourth-order valence-corrected chi connectivity index (χ4v) is 2.22. The predicted octanol–water partition coefficient (Wildman–Crippen LogP) is 6.13. The standard InChI is InChI=1S/C15H9ClF6/c16-8-9-5-10(7-11(6-9)14(17,18)19)12-3-1-2-4-13(12)15(20,21)22/h1-7H,8H2. The van der Waals surface area contributed by atoms with Crippen molar-refractivity contribution < 1.29 is 26.3 Å². The zero-order chi connectivity index (χ0) is 16.5. The maximum atomic E-state index is 13.0. The highest BCUT2D eigenvalue weighted by atomic mass is 35.5. The largest absolute Gasteiger partial charge is 0.417 e. The van der Waals surface area contributed by atoms with Crippen molar-refractivity contribution in [2.45, 2.75) is 18.2 Å². The predicted molar refractivity (Wildman–Crippen MR) is 71.4 cm³/mol. The molecule has 0 amide bonds. The summed E-state index contributed by atoms with van der Waals surface area (Å²) in [5, 5.41) is 0. The van der Waals surface area contributed by atoms with E-state index in [1.807, 2.05) is 0 Å². The van der Waals surface area contributed by atoms with Crippen LogP contribution in [0.15, 0.2) is 42.5 Å². The first-order valence-electron chi connectivity index (χ1n) is 6.06. The number of hydrogen-bond donors (Lipinski definition) is 0. The molecule has 0 N–H and O–H groups in total. The Morgan fingerprint density at radius 1 is 0.818 bits per heavy atom. The van der Waals surface area contributed by atoms with Gasteiger partial charge in [-0.05, 0) is 41.0 Å². The van der Waals surface area contributed by atoms with Crippen LogP contribution in [0.1, 0.15) is 16.7 Å². The number of rotatable bonds is 2. The highest BCUT2D eigenvalue weighted by molar-refractivity contribution is 6.17. The molecule has 22 heavy (non-hydrogen) atoms. The maximum absolute atomic E-state index is 13.0. The number of benzene rings is 2. The van der Waals surface area contributed by atoms with E-state index >= 15 is 0 Å². The van der Waals surface area contributed by atoms with E-state index in [-0.39, 0.29) is 22.6 Å². The van der Waals surface area contributed by atoms with E-state index in [1.54, 1.807) is 0 Å². The summed E-state index contributed by atoms with van der Waals surface area (Å²) < 4.78 is 77.6. The zero-order valence-electron chi connectivity index (χ0n) is 10.9. The second-order valence-corrected chi connectivity index (χ2v) is 4.86. The maximum Gasteiger partial charge on any atom is 0.417 e. The van der Waals surface area contributed by atoms with Gasteiger partial charge in [0.15, 0.2) is 0 Å². The molecule has 0 aromatic heterocycles. The Kier molecular flexibility index (Phi) is 4.42. The van der Waals surface area contributed by atoms with Gasteiger partial charge in [-0.3, -0.25) is 0 Å². The normalized spacial score (nSPS) is 12.5. The van der Waals surface area contributed by atoms with Crippen molar-refractivity contribution in [2.75, 3.05) is 0 Å². The van der Waals surface area contributed by atoms with Crippen LogP contribution in [0.2, 0.25) is 0 Å². The van der Waals surface area contributed by atoms with Gasteiger partial charge >= 0.3 is 12.4 Å². The Morgan fingerprint density at radius 2 is 1.45 bits per heavy atom. The molecule has 0 bridgehead atoms. The van der Waals surface area contributed by atoms with E-state index in [9.17, 15) is 26.3 Å².